The molecule has 3 heteroatoms. The second kappa shape index (κ2) is 5.81. The second-order valence-corrected chi connectivity index (χ2v) is 3.68. The lowest BCUT2D eigenvalue weighted by atomic mass is 10.3. The van der Waals surface area contributed by atoms with Gasteiger partial charge < -0.3 is 4.90 Å². The summed E-state index contributed by atoms with van der Waals surface area (Å²) in [6.07, 6.45) is 3.64. The van der Waals surface area contributed by atoms with Gasteiger partial charge in [-0.25, -0.2) is 0 Å². The number of carbonyl (C=O) groups is 1. The van der Waals surface area contributed by atoms with Crippen molar-refractivity contribution in [1.29, 1.82) is 0 Å². The Morgan fingerprint density at radius 3 is 2.79 bits per heavy atom. The molecule has 1 rings (SSSR count). The van der Waals surface area contributed by atoms with Crippen molar-refractivity contribution in [2.75, 3.05) is 32.7 Å². The summed E-state index contributed by atoms with van der Waals surface area (Å²) < 4.78 is 0. The number of nitrogens with zero attached hydrogens (tertiary/aromatic N) is 2. The quantitative estimate of drug-likeness (QED) is 0.631. The molecule has 1 amide bonds. The van der Waals surface area contributed by atoms with Crippen molar-refractivity contribution in [2.24, 2.45) is 0 Å². The molecule has 0 radical (unpaired) electrons. The molecular weight excluding hydrogens is 176 g/mol. The number of carbonyl (C=O) groups excluding carboxylic acids is 1. The SMILES string of the molecule is C=CCN1CCCN(C(=O)CC)CC1. The Morgan fingerprint density at radius 2 is 2.14 bits per heavy atom. The van der Waals surface area contributed by atoms with Gasteiger partial charge in [0.1, 0.15) is 0 Å². The molecule has 0 aromatic rings. The van der Waals surface area contributed by atoms with Crippen molar-refractivity contribution in [2.45, 2.75) is 19.8 Å². The summed E-state index contributed by atoms with van der Waals surface area (Å²) in [5.74, 6) is 0.283. The van der Waals surface area contributed by atoms with Gasteiger partial charge in [-0.05, 0) is 6.42 Å². The molecule has 0 aromatic carbocycles. The Balaban J connectivity index is 2.40. The van der Waals surface area contributed by atoms with Crippen LogP contribution in [-0.2, 0) is 4.79 Å². The van der Waals surface area contributed by atoms with Crippen molar-refractivity contribution in [3.63, 3.8) is 0 Å². The van der Waals surface area contributed by atoms with E-state index in [4.69, 9.17) is 0 Å². The molecule has 80 valence electrons. The van der Waals surface area contributed by atoms with Gasteiger partial charge in [0.25, 0.3) is 0 Å². The van der Waals surface area contributed by atoms with Crippen LogP contribution in [0.15, 0.2) is 12.7 Å². The maximum Gasteiger partial charge on any atom is 0.222 e. The van der Waals surface area contributed by atoms with E-state index < -0.39 is 0 Å². The van der Waals surface area contributed by atoms with E-state index in [2.05, 4.69) is 11.5 Å². The zero-order valence-electron chi connectivity index (χ0n) is 9.04. The fourth-order valence-electron chi connectivity index (χ4n) is 1.81. The molecule has 1 fully saturated rings. The molecule has 0 N–H and O–H groups in total. The molecule has 1 heterocycles. The van der Waals surface area contributed by atoms with E-state index >= 15 is 0 Å². The summed E-state index contributed by atoms with van der Waals surface area (Å²) >= 11 is 0. The summed E-state index contributed by atoms with van der Waals surface area (Å²) in [6, 6.07) is 0. The third-order valence-electron chi connectivity index (χ3n) is 2.63. The van der Waals surface area contributed by atoms with E-state index in [-0.39, 0.29) is 5.91 Å². The highest BCUT2D eigenvalue weighted by atomic mass is 16.2. The Labute approximate surface area is 86.4 Å². The van der Waals surface area contributed by atoms with Gasteiger partial charge in [-0.3, -0.25) is 9.69 Å². The van der Waals surface area contributed by atoms with E-state index in [9.17, 15) is 4.79 Å². The molecule has 0 atom stereocenters. The number of hydrogen-bond donors (Lipinski definition) is 0. The van der Waals surface area contributed by atoms with Gasteiger partial charge in [-0.2, -0.15) is 0 Å². The normalized spacial score (nSPS) is 19.1. The molecule has 1 aliphatic heterocycles. The number of hydrogen-bond acceptors (Lipinski definition) is 2. The molecule has 0 aliphatic carbocycles. The standard InChI is InChI=1S/C11H20N2O/c1-3-6-12-7-5-8-13(10-9-12)11(14)4-2/h3H,1,4-10H2,2H3. The van der Waals surface area contributed by atoms with Crippen LogP contribution in [0.25, 0.3) is 0 Å². The van der Waals surface area contributed by atoms with Crippen LogP contribution in [0.4, 0.5) is 0 Å². The lowest BCUT2D eigenvalue weighted by Crippen LogP contribution is -2.34. The molecule has 1 saturated heterocycles. The summed E-state index contributed by atoms with van der Waals surface area (Å²) in [5.41, 5.74) is 0. The van der Waals surface area contributed by atoms with Crippen molar-refractivity contribution in [3.05, 3.63) is 12.7 Å². The van der Waals surface area contributed by atoms with Crippen LogP contribution in [-0.4, -0.2) is 48.4 Å². The van der Waals surface area contributed by atoms with Crippen molar-refractivity contribution in [1.82, 2.24) is 9.80 Å². The fraction of sp³-hybridized carbons (Fsp3) is 0.727. The van der Waals surface area contributed by atoms with Gasteiger partial charge >= 0.3 is 0 Å². The molecule has 0 aromatic heterocycles. The van der Waals surface area contributed by atoms with Crippen LogP contribution >= 0.6 is 0 Å². The highest BCUT2D eigenvalue weighted by Gasteiger charge is 2.16. The molecular formula is C11H20N2O. The van der Waals surface area contributed by atoms with E-state index in [1.807, 2.05) is 17.9 Å². The zero-order chi connectivity index (χ0) is 10.4. The molecule has 0 saturated carbocycles. The van der Waals surface area contributed by atoms with E-state index in [0.29, 0.717) is 6.42 Å². The minimum atomic E-state index is 0.283. The zero-order valence-corrected chi connectivity index (χ0v) is 9.04. The molecule has 14 heavy (non-hydrogen) atoms. The van der Waals surface area contributed by atoms with Gasteiger partial charge in [0.05, 0.1) is 0 Å². The Morgan fingerprint density at radius 1 is 1.36 bits per heavy atom. The first kappa shape index (κ1) is 11.2. The lowest BCUT2D eigenvalue weighted by Gasteiger charge is -2.20. The van der Waals surface area contributed by atoms with Crippen LogP contribution < -0.4 is 0 Å². The van der Waals surface area contributed by atoms with Gasteiger partial charge in [0.2, 0.25) is 5.91 Å². The maximum atomic E-state index is 11.5. The second-order valence-electron chi connectivity index (χ2n) is 3.68. The highest BCUT2D eigenvalue weighted by molar-refractivity contribution is 5.75. The summed E-state index contributed by atoms with van der Waals surface area (Å²) in [6.45, 7) is 10.5. The molecule has 0 spiro atoms. The number of amides is 1. The minimum Gasteiger partial charge on any atom is -0.341 e. The first-order chi connectivity index (χ1) is 6.77. The van der Waals surface area contributed by atoms with Crippen LogP contribution in [0.3, 0.4) is 0 Å². The number of rotatable bonds is 3. The first-order valence-electron chi connectivity index (χ1n) is 5.39. The maximum absolute atomic E-state index is 11.5. The van der Waals surface area contributed by atoms with Crippen molar-refractivity contribution in [3.8, 4) is 0 Å². The van der Waals surface area contributed by atoms with Crippen molar-refractivity contribution >= 4 is 5.91 Å². The smallest absolute Gasteiger partial charge is 0.222 e. The third kappa shape index (κ3) is 3.14. The Bertz CT molecular complexity index is 203. The van der Waals surface area contributed by atoms with Crippen LogP contribution in [0, 0.1) is 0 Å². The molecule has 0 unspecified atom stereocenters. The first-order valence-corrected chi connectivity index (χ1v) is 5.39. The van der Waals surface area contributed by atoms with Gasteiger partial charge in [0.15, 0.2) is 0 Å². The van der Waals surface area contributed by atoms with Crippen LogP contribution in [0.1, 0.15) is 19.8 Å². The predicted octanol–water partition coefficient (Wildman–Crippen LogP) is 1.12. The predicted molar refractivity (Wildman–Crippen MR) is 58.1 cm³/mol. The summed E-state index contributed by atoms with van der Waals surface area (Å²) in [5, 5.41) is 0. The third-order valence-corrected chi connectivity index (χ3v) is 2.63. The largest absolute Gasteiger partial charge is 0.341 e. The van der Waals surface area contributed by atoms with Gasteiger partial charge in [0, 0.05) is 39.1 Å². The van der Waals surface area contributed by atoms with E-state index in [1.54, 1.807) is 0 Å². The lowest BCUT2D eigenvalue weighted by molar-refractivity contribution is -0.130. The Hall–Kier alpha value is -0.830. The summed E-state index contributed by atoms with van der Waals surface area (Å²) in [7, 11) is 0. The topological polar surface area (TPSA) is 23.6 Å². The van der Waals surface area contributed by atoms with E-state index in [1.165, 1.54) is 0 Å². The van der Waals surface area contributed by atoms with Gasteiger partial charge in [-0.1, -0.05) is 13.0 Å². The average Bonchev–Trinajstić information content (AvgIpc) is 2.43. The van der Waals surface area contributed by atoms with Crippen molar-refractivity contribution < 1.29 is 4.79 Å². The Kier molecular flexibility index (Phi) is 4.66. The van der Waals surface area contributed by atoms with Gasteiger partial charge in [-0.15, -0.1) is 6.58 Å². The molecule has 3 nitrogen and oxygen atoms in total. The fourth-order valence-corrected chi connectivity index (χ4v) is 1.81. The monoisotopic (exact) mass is 196 g/mol. The molecule has 1 aliphatic rings. The molecule has 0 bridgehead atoms. The van der Waals surface area contributed by atoms with Crippen LogP contribution in [0.5, 0.6) is 0 Å². The van der Waals surface area contributed by atoms with E-state index in [0.717, 1.165) is 39.1 Å². The highest BCUT2D eigenvalue weighted by Crippen LogP contribution is 2.04. The van der Waals surface area contributed by atoms with Crippen LogP contribution in [0.2, 0.25) is 0 Å². The average molecular weight is 196 g/mol. The minimum absolute atomic E-state index is 0.283. The summed E-state index contributed by atoms with van der Waals surface area (Å²) in [4.78, 5) is 15.8.